The van der Waals surface area contributed by atoms with Crippen molar-refractivity contribution >= 4 is 22.7 Å². The molecule has 1 saturated heterocycles. The normalized spacial score (nSPS) is 24.2. The molecule has 0 aliphatic carbocycles. The van der Waals surface area contributed by atoms with Crippen LogP contribution in [0.3, 0.4) is 0 Å². The molecule has 1 aliphatic heterocycles. The number of para-hydroxylation sites is 1. The van der Waals surface area contributed by atoms with Gasteiger partial charge in [-0.05, 0) is 0 Å². The Balaban J connectivity index is 1.74. The van der Waals surface area contributed by atoms with E-state index in [0.29, 0.717) is 5.56 Å². The molecule has 3 heterocycles. The Morgan fingerprint density at radius 1 is 1.24 bits per heavy atom. The molecule has 0 saturated carbocycles. The molecule has 4 rings (SSSR count). The highest BCUT2D eigenvalue weighted by molar-refractivity contribution is 5.81. The number of anilines is 1. The van der Waals surface area contributed by atoms with Crippen molar-refractivity contribution in [1.82, 2.24) is 19.5 Å². The van der Waals surface area contributed by atoms with Crippen LogP contribution in [0.1, 0.15) is 17.6 Å². The van der Waals surface area contributed by atoms with Crippen molar-refractivity contribution in [2.75, 3.05) is 12.3 Å². The number of hydrogen-bond donors (Lipinski definition) is 4. The minimum Gasteiger partial charge on any atom is -0.394 e. The second-order valence-electron chi connectivity index (χ2n) is 6.64. The number of benzene rings is 1. The molecule has 4 atom stereocenters. The number of nitro groups is 1. The molecule has 3 aromatic rings. The molecule has 0 bridgehead atoms. The van der Waals surface area contributed by atoms with E-state index in [2.05, 4.69) is 15.0 Å². The van der Waals surface area contributed by atoms with Gasteiger partial charge in [0.1, 0.15) is 29.7 Å². The van der Waals surface area contributed by atoms with Crippen LogP contribution in [-0.2, 0) is 11.2 Å². The van der Waals surface area contributed by atoms with E-state index in [1.54, 1.807) is 18.2 Å². The number of nitrogens with zero attached hydrogens (tertiary/aromatic N) is 5. The second-order valence-corrected chi connectivity index (χ2v) is 6.64. The summed E-state index contributed by atoms with van der Waals surface area (Å²) in [5.74, 6) is 0.284. The molecule has 12 nitrogen and oxygen atoms in total. The summed E-state index contributed by atoms with van der Waals surface area (Å²) < 4.78 is 6.91. The highest BCUT2D eigenvalue weighted by Gasteiger charge is 2.44. The predicted molar refractivity (Wildman–Crippen MR) is 98.6 cm³/mol. The third-order valence-corrected chi connectivity index (χ3v) is 4.82. The first-order valence-corrected chi connectivity index (χ1v) is 8.74. The number of aliphatic hydroxyl groups excluding tert-OH is 3. The quantitative estimate of drug-likeness (QED) is 0.321. The molecule has 2 unspecified atom stereocenters. The van der Waals surface area contributed by atoms with Crippen molar-refractivity contribution in [1.29, 1.82) is 0 Å². The number of rotatable bonds is 5. The van der Waals surface area contributed by atoms with E-state index in [4.69, 9.17) is 10.5 Å². The van der Waals surface area contributed by atoms with Crippen LogP contribution in [0.2, 0.25) is 0 Å². The number of nitrogens with two attached hydrogens (primary N) is 1. The van der Waals surface area contributed by atoms with Crippen LogP contribution in [0.4, 0.5) is 11.5 Å². The second kappa shape index (κ2) is 7.33. The summed E-state index contributed by atoms with van der Waals surface area (Å²) in [6.07, 6.45) is -3.21. The van der Waals surface area contributed by atoms with E-state index in [0.717, 1.165) is 0 Å². The van der Waals surface area contributed by atoms with Crippen LogP contribution < -0.4 is 5.73 Å². The fourth-order valence-corrected chi connectivity index (χ4v) is 3.37. The molecule has 1 aromatic carbocycles. The third-order valence-electron chi connectivity index (χ3n) is 4.82. The maximum atomic E-state index is 11.2. The van der Waals surface area contributed by atoms with Crippen molar-refractivity contribution in [3.8, 4) is 0 Å². The van der Waals surface area contributed by atoms with Gasteiger partial charge in [-0.3, -0.25) is 14.7 Å². The topological polar surface area (TPSA) is 183 Å². The van der Waals surface area contributed by atoms with Gasteiger partial charge in [-0.25, -0.2) is 15.0 Å². The van der Waals surface area contributed by atoms with E-state index < -0.39 is 36.1 Å². The number of aliphatic hydroxyl groups is 3. The molecule has 0 radical (unpaired) electrons. The van der Waals surface area contributed by atoms with E-state index in [-0.39, 0.29) is 34.9 Å². The van der Waals surface area contributed by atoms with Gasteiger partial charge >= 0.3 is 0 Å². The van der Waals surface area contributed by atoms with E-state index >= 15 is 0 Å². The summed E-state index contributed by atoms with van der Waals surface area (Å²) in [7, 11) is 0. The molecule has 152 valence electrons. The maximum Gasteiger partial charge on any atom is 0.273 e. The zero-order valence-electron chi connectivity index (χ0n) is 15.0. The van der Waals surface area contributed by atoms with Crippen LogP contribution in [0.5, 0.6) is 0 Å². The SMILES string of the molecule is Nc1nc(Cc2ccccc2[N+](=O)[O-])nc2c1ncn2[C@@H]1O[C@H](CO)C(O)C1O. The van der Waals surface area contributed by atoms with Crippen molar-refractivity contribution in [3.05, 3.63) is 52.1 Å². The van der Waals surface area contributed by atoms with Crippen molar-refractivity contribution in [3.63, 3.8) is 0 Å². The average Bonchev–Trinajstić information content (AvgIpc) is 3.24. The minimum absolute atomic E-state index is 0.0540. The molecule has 0 amide bonds. The molecule has 12 heteroatoms. The van der Waals surface area contributed by atoms with Gasteiger partial charge in [-0.1, -0.05) is 18.2 Å². The average molecular weight is 402 g/mol. The zero-order valence-corrected chi connectivity index (χ0v) is 15.0. The molecule has 0 spiro atoms. The van der Waals surface area contributed by atoms with Crippen molar-refractivity contribution in [2.24, 2.45) is 0 Å². The number of nitro benzene ring substituents is 1. The Morgan fingerprint density at radius 2 is 2.00 bits per heavy atom. The summed E-state index contributed by atoms with van der Waals surface area (Å²) >= 11 is 0. The molecule has 1 aliphatic rings. The van der Waals surface area contributed by atoms with Gasteiger partial charge in [0.05, 0.1) is 17.9 Å². The third kappa shape index (κ3) is 3.27. The summed E-state index contributed by atoms with van der Waals surface area (Å²) in [4.78, 5) is 23.5. The number of ether oxygens (including phenoxy) is 1. The highest BCUT2D eigenvalue weighted by atomic mass is 16.6. The highest BCUT2D eigenvalue weighted by Crippen LogP contribution is 2.32. The van der Waals surface area contributed by atoms with Gasteiger partial charge in [0, 0.05) is 18.1 Å². The summed E-state index contributed by atoms with van der Waals surface area (Å²) in [6.45, 7) is -0.471. The van der Waals surface area contributed by atoms with Crippen LogP contribution in [-0.4, -0.2) is 64.7 Å². The smallest absolute Gasteiger partial charge is 0.273 e. The monoisotopic (exact) mass is 402 g/mol. The first-order chi connectivity index (χ1) is 13.9. The number of fused-ring (bicyclic) bond motifs is 1. The summed E-state index contributed by atoms with van der Waals surface area (Å²) in [5, 5.41) is 40.8. The number of nitrogen functional groups attached to an aromatic ring is 1. The largest absolute Gasteiger partial charge is 0.394 e. The van der Waals surface area contributed by atoms with Crippen molar-refractivity contribution < 1.29 is 25.0 Å². The van der Waals surface area contributed by atoms with Gasteiger partial charge in [0.25, 0.3) is 5.69 Å². The Labute approximate surface area is 163 Å². The van der Waals surface area contributed by atoms with E-state index in [9.17, 15) is 25.4 Å². The number of imidazole rings is 1. The van der Waals surface area contributed by atoms with Gasteiger partial charge < -0.3 is 25.8 Å². The maximum absolute atomic E-state index is 11.2. The van der Waals surface area contributed by atoms with Crippen LogP contribution >= 0.6 is 0 Å². The van der Waals surface area contributed by atoms with Crippen LogP contribution in [0.25, 0.3) is 11.2 Å². The number of hydrogen-bond acceptors (Lipinski definition) is 10. The summed E-state index contributed by atoms with van der Waals surface area (Å²) in [6, 6.07) is 6.23. The van der Waals surface area contributed by atoms with Crippen LogP contribution in [0, 0.1) is 10.1 Å². The first kappa shape index (κ1) is 19.1. The molecule has 5 N–H and O–H groups in total. The lowest BCUT2D eigenvalue weighted by Crippen LogP contribution is -2.33. The lowest BCUT2D eigenvalue weighted by atomic mass is 10.1. The van der Waals surface area contributed by atoms with E-state index in [1.807, 2.05) is 0 Å². The van der Waals surface area contributed by atoms with Crippen LogP contribution in [0.15, 0.2) is 30.6 Å². The first-order valence-electron chi connectivity index (χ1n) is 8.74. The lowest BCUT2D eigenvalue weighted by Gasteiger charge is -2.16. The fourth-order valence-electron chi connectivity index (χ4n) is 3.37. The predicted octanol–water partition coefficient (Wildman–Crippen LogP) is -0.481. The Morgan fingerprint density at radius 3 is 2.69 bits per heavy atom. The molecule has 1 fully saturated rings. The van der Waals surface area contributed by atoms with Gasteiger partial charge in [0.2, 0.25) is 0 Å². The summed E-state index contributed by atoms with van der Waals surface area (Å²) in [5.41, 5.74) is 6.83. The van der Waals surface area contributed by atoms with Crippen molar-refractivity contribution in [2.45, 2.75) is 31.0 Å². The van der Waals surface area contributed by atoms with E-state index in [1.165, 1.54) is 17.0 Å². The Bertz CT molecular complexity index is 1070. The van der Waals surface area contributed by atoms with Gasteiger partial charge in [0.15, 0.2) is 17.7 Å². The lowest BCUT2D eigenvalue weighted by molar-refractivity contribution is -0.385. The zero-order chi connectivity index (χ0) is 20.7. The fraction of sp³-hybridized carbons (Fsp3) is 0.353. The van der Waals surface area contributed by atoms with Gasteiger partial charge in [-0.2, -0.15) is 0 Å². The minimum atomic E-state index is -1.32. The Kier molecular flexibility index (Phi) is 4.84. The standard InChI is InChI=1S/C17H18N6O6/c18-15-12-16(22(7-19-12)17-14(26)13(25)10(6-24)29-17)21-11(20-15)5-8-3-1-2-4-9(8)23(27)28/h1-4,7,10,13-14,17,24-26H,5-6H2,(H2,18,20,21)/t10-,13?,14?,17-/m1/s1. The Hall–Kier alpha value is -3.19. The molecule has 29 heavy (non-hydrogen) atoms. The number of aromatic nitrogens is 4. The molecule has 2 aromatic heterocycles. The molecular weight excluding hydrogens is 384 g/mol. The molecular formula is C17H18N6O6. The van der Waals surface area contributed by atoms with Gasteiger partial charge in [-0.15, -0.1) is 0 Å².